The molecule has 0 saturated carbocycles. The normalized spacial score (nSPS) is 14.4. The molecule has 1 unspecified atom stereocenters. The lowest BCUT2D eigenvalue weighted by atomic mass is 9.95. The number of benzene rings is 9. The van der Waals surface area contributed by atoms with E-state index in [1.54, 1.807) is 0 Å². The van der Waals surface area contributed by atoms with Gasteiger partial charge in [-0.3, -0.25) is 0 Å². The lowest BCUT2D eigenvalue weighted by molar-refractivity contribution is 0.674. The van der Waals surface area contributed by atoms with Crippen molar-refractivity contribution in [3.05, 3.63) is 210 Å². The number of hydrogen-bond donors (Lipinski definition) is 1. The van der Waals surface area contributed by atoms with E-state index in [9.17, 15) is 0 Å². The van der Waals surface area contributed by atoms with Crippen LogP contribution in [0, 0.1) is 6.92 Å². The Kier molecular flexibility index (Phi) is 7.65. The standard InChI is InChI=1S/C54H36N4S/c1-33-24-26-34(27-25-33)44-31-45-40-20-12-13-23-47(40)58(51(45)42-22-11-9-19-39(42)44)37-28-29-43-48(30-37)59-49-32-46(38-18-8-10-21-41(38)50(43)49)54-56-52(35-14-4-2-5-15-35)55-53(57-54)36-16-6-3-7-17-36/h2-32,52H,1H3,(H,55,56,57). The molecule has 0 amide bonds. The second-order valence-electron chi connectivity index (χ2n) is 15.4. The lowest BCUT2D eigenvalue weighted by Crippen LogP contribution is -2.33. The first-order valence-corrected chi connectivity index (χ1v) is 20.9. The highest BCUT2D eigenvalue weighted by atomic mass is 32.1. The molecule has 1 atom stereocenters. The Balaban J connectivity index is 1.07. The minimum absolute atomic E-state index is 0.270. The van der Waals surface area contributed by atoms with Crippen LogP contribution in [0.5, 0.6) is 0 Å². The van der Waals surface area contributed by atoms with Gasteiger partial charge in [0.05, 0.1) is 11.0 Å². The Morgan fingerprint density at radius 3 is 1.95 bits per heavy atom. The van der Waals surface area contributed by atoms with Crippen molar-refractivity contribution in [2.24, 2.45) is 9.98 Å². The van der Waals surface area contributed by atoms with Crippen molar-refractivity contribution in [3.63, 3.8) is 0 Å². The number of amidine groups is 2. The van der Waals surface area contributed by atoms with Crippen molar-refractivity contribution in [1.29, 1.82) is 0 Å². The van der Waals surface area contributed by atoms with Crippen molar-refractivity contribution >= 4 is 86.5 Å². The fraction of sp³-hybridized carbons (Fsp3) is 0.0370. The summed E-state index contributed by atoms with van der Waals surface area (Å²) in [5.41, 5.74) is 10.5. The summed E-state index contributed by atoms with van der Waals surface area (Å²) >= 11 is 1.84. The van der Waals surface area contributed by atoms with E-state index in [4.69, 9.17) is 9.98 Å². The molecule has 0 bridgehead atoms. The van der Waals surface area contributed by atoms with E-state index < -0.39 is 0 Å². The van der Waals surface area contributed by atoms with Crippen molar-refractivity contribution in [2.45, 2.75) is 13.1 Å². The average Bonchev–Trinajstić information content (AvgIpc) is 3.85. The maximum Gasteiger partial charge on any atom is 0.160 e. The van der Waals surface area contributed by atoms with Crippen LogP contribution in [0.1, 0.15) is 28.4 Å². The number of rotatable bonds is 5. The molecule has 3 heterocycles. The zero-order valence-electron chi connectivity index (χ0n) is 32.2. The molecule has 1 aliphatic heterocycles. The SMILES string of the molecule is Cc1ccc(-c2cc3c4ccccc4n(-c4ccc5c(c4)sc4cc(C6=NC(c7ccccc7)NC(c7ccccc7)=N6)c6ccccc6c45)c3c3ccccc23)cc1. The lowest BCUT2D eigenvalue weighted by Gasteiger charge is -2.24. The summed E-state index contributed by atoms with van der Waals surface area (Å²) in [6, 6.07) is 67.9. The van der Waals surface area contributed by atoms with E-state index in [-0.39, 0.29) is 6.17 Å². The maximum absolute atomic E-state index is 5.29. The fourth-order valence-electron chi connectivity index (χ4n) is 9.13. The molecule has 0 fully saturated rings. The third kappa shape index (κ3) is 5.43. The summed E-state index contributed by atoms with van der Waals surface area (Å²) in [5, 5.41) is 13.5. The molecule has 2 aromatic heterocycles. The summed E-state index contributed by atoms with van der Waals surface area (Å²) < 4.78 is 4.94. The summed E-state index contributed by atoms with van der Waals surface area (Å²) in [4.78, 5) is 10.5. The molecular formula is C54H36N4S. The number of aliphatic imine (C=N–C) groups is 2. The number of hydrogen-bond acceptors (Lipinski definition) is 4. The second kappa shape index (κ2) is 13.4. The van der Waals surface area contributed by atoms with Gasteiger partial charge in [0.25, 0.3) is 0 Å². The van der Waals surface area contributed by atoms with Crippen LogP contribution < -0.4 is 5.32 Å². The van der Waals surface area contributed by atoms with Gasteiger partial charge in [-0.1, -0.05) is 163 Å². The predicted molar refractivity (Wildman–Crippen MR) is 251 cm³/mol. The van der Waals surface area contributed by atoms with E-state index in [0.29, 0.717) is 0 Å². The number of nitrogens with one attached hydrogen (secondary N) is 1. The van der Waals surface area contributed by atoms with Gasteiger partial charge in [0.15, 0.2) is 5.84 Å². The molecule has 12 rings (SSSR count). The van der Waals surface area contributed by atoms with Gasteiger partial charge in [0.1, 0.15) is 12.0 Å². The second-order valence-corrected chi connectivity index (χ2v) is 16.5. The molecule has 1 N–H and O–H groups in total. The van der Waals surface area contributed by atoms with Crippen molar-refractivity contribution < 1.29 is 0 Å². The summed E-state index contributed by atoms with van der Waals surface area (Å²) in [5.74, 6) is 1.55. The number of para-hydroxylation sites is 1. The largest absolute Gasteiger partial charge is 0.344 e. The van der Waals surface area contributed by atoms with E-state index in [1.807, 2.05) is 23.5 Å². The molecule has 4 nitrogen and oxygen atoms in total. The number of aryl methyl sites for hydroxylation is 1. The number of thiophene rings is 1. The van der Waals surface area contributed by atoms with Gasteiger partial charge < -0.3 is 9.88 Å². The molecular weight excluding hydrogens is 737 g/mol. The van der Waals surface area contributed by atoms with Gasteiger partial charge in [-0.25, -0.2) is 9.98 Å². The predicted octanol–water partition coefficient (Wildman–Crippen LogP) is 13.9. The highest BCUT2D eigenvalue weighted by molar-refractivity contribution is 7.26. The monoisotopic (exact) mass is 772 g/mol. The first kappa shape index (κ1) is 33.8. The van der Waals surface area contributed by atoms with Gasteiger partial charge in [0.2, 0.25) is 0 Å². The van der Waals surface area contributed by atoms with Gasteiger partial charge in [0, 0.05) is 53.1 Å². The Bertz CT molecular complexity index is 3520. The highest BCUT2D eigenvalue weighted by Gasteiger charge is 2.24. The quantitative estimate of drug-likeness (QED) is 0.186. The van der Waals surface area contributed by atoms with Crippen LogP contribution in [0.15, 0.2) is 198 Å². The van der Waals surface area contributed by atoms with Gasteiger partial charge in [-0.05, 0) is 70.1 Å². The minimum Gasteiger partial charge on any atom is -0.344 e. The summed E-state index contributed by atoms with van der Waals surface area (Å²) in [7, 11) is 0. The van der Waals surface area contributed by atoms with Gasteiger partial charge in [-0.2, -0.15) is 0 Å². The van der Waals surface area contributed by atoms with Crippen molar-refractivity contribution in [3.8, 4) is 16.8 Å². The van der Waals surface area contributed by atoms with Crippen LogP contribution >= 0.6 is 11.3 Å². The van der Waals surface area contributed by atoms with E-state index >= 15 is 0 Å². The molecule has 278 valence electrons. The van der Waals surface area contributed by atoms with Crippen molar-refractivity contribution in [2.75, 3.05) is 0 Å². The number of fused-ring (bicyclic) bond motifs is 10. The molecule has 59 heavy (non-hydrogen) atoms. The average molecular weight is 773 g/mol. The maximum atomic E-state index is 5.29. The molecule has 0 spiro atoms. The third-order valence-corrected chi connectivity index (χ3v) is 13.0. The number of aromatic nitrogens is 1. The Labute approximate surface area is 345 Å². The van der Waals surface area contributed by atoms with E-state index in [2.05, 4.69) is 193 Å². The highest BCUT2D eigenvalue weighted by Crippen LogP contribution is 2.44. The summed E-state index contributed by atoms with van der Waals surface area (Å²) in [6.45, 7) is 2.15. The third-order valence-electron chi connectivity index (χ3n) is 11.9. The first-order valence-electron chi connectivity index (χ1n) is 20.1. The molecule has 1 aliphatic rings. The fourth-order valence-corrected chi connectivity index (χ4v) is 10.3. The first-order chi connectivity index (χ1) is 29.2. The number of nitrogens with zero attached hydrogens (tertiary/aromatic N) is 3. The Morgan fingerprint density at radius 1 is 0.508 bits per heavy atom. The molecule has 11 aromatic rings. The topological polar surface area (TPSA) is 41.7 Å². The summed E-state index contributed by atoms with van der Waals surface area (Å²) in [6.07, 6.45) is -0.270. The molecule has 5 heteroatoms. The Hall–Kier alpha value is -7.34. The molecule has 0 radical (unpaired) electrons. The van der Waals surface area contributed by atoms with Crippen LogP contribution in [0.25, 0.3) is 80.3 Å². The molecule has 0 aliphatic carbocycles. The zero-order valence-corrected chi connectivity index (χ0v) is 33.0. The minimum atomic E-state index is -0.270. The molecule has 9 aromatic carbocycles. The smallest absolute Gasteiger partial charge is 0.160 e. The van der Waals surface area contributed by atoms with Crippen LogP contribution in [0.2, 0.25) is 0 Å². The van der Waals surface area contributed by atoms with Crippen LogP contribution in [-0.4, -0.2) is 16.2 Å². The van der Waals surface area contributed by atoms with E-state index in [0.717, 1.165) is 39.4 Å². The molecule has 0 saturated heterocycles. The van der Waals surface area contributed by atoms with Crippen LogP contribution in [-0.2, 0) is 0 Å². The zero-order chi connectivity index (χ0) is 39.0. The van der Waals surface area contributed by atoms with Crippen molar-refractivity contribution in [1.82, 2.24) is 9.88 Å². The van der Waals surface area contributed by atoms with E-state index in [1.165, 1.54) is 74.8 Å². The van der Waals surface area contributed by atoms with Gasteiger partial charge in [-0.15, -0.1) is 11.3 Å². The van der Waals surface area contributed by atoms with Crippen LogP contribution in [0.4, 0.5) is 0 Å². The Morgan fingerprint density at radius 2 is 1.17 bits per heavy atom. The van der Waals surface area contributed by atoms with Crippen LogP contribution in [0.3, 0.4) is 0 Å². The van der Waals surface area contributed by atoms with Gasteiger partial charge >= 0.3 is 0 Å².